The van der Waals surface area contributed by atoms with Crippen molar-refractivity contribution in [1.29, 1.82) is 0 Å². The normalized spacial score (nSPS) is 13.3. The van der Waals surface area contributed by atoms with E-state index in [1.807, 2.05) is 18.2 Å². The second kappa shape index (κ2) is 14.9. The highest BCUT2D eigenvalue weighted by Crippen LogP contribution is 2.40. The minimum Gasteiger partial charge on any atom is -0.310 e. The van der Waals surface area contributed by atoms with Gasteiger partial charge in [0.15, 0.2) is 0 Å². The van der Waals surface area contributed by atoms with Crippen molar-refractivity contribution in [3.63, 3.8) is 0 Å². The summed E-state index contributed by atoms with van der Waals surface area (Å²) in [7, 11) is 0. The van der Waals surface area contributed by atoms with Gasteiger partial charge in [0.05, 0.1) is 11.4 Å². The first-order valence-corrected chi connectivity index (χ1v) is 15.8. The Hall–Kier alpha value is -5.60. The van der Waals surface area contributed by atoms with Crippen LogP contribution in [0.4, 0.5) is 22.7 Å². The smallest absolute Gasteiger partial charge is 0.0546 e. The summed E-state index contributed by atoms with van der Waals surface area (Å²) in [4.78, 5) is 4.68. The van der Waals surface area contributed by atoms with Gasteiger partial charge in [0.1, 0.15) is 0 Å². The van der Waals surface area contributed by atoms with Crippen molar-refractivity contribution in [3.05, 3.63) is 181 Å². The second-order valence-electron chi connectivity index (χ2n) is 10.8. The molecule has 5 aromatic carbocycles. The lowest BCUT2D eigenvalue weighted by Gasteiger charge is -2.30. The molecule has 228 valence electrons. The highest BCUT2D eigenvalue weighted by atomic mass is 15.2. The Morgan fingerprint density at radius 3 is 1.65 bits per heavy atom. The lowest BCUT2D eigenvalue weighted by Crippen LogP contribution is -2.32. The number of hydrogen-bond donors (Lipinski definition) is 0. The van der Waals surface area contributed by atoms with E-state index in [-0.39, 0.29) is 0 Å². The SMILES string of the molecule is C=C/C=C\C(=C/C)N(c1ccccc1)c1cc2c(cc(N(C(/C=C\C)=C/C=C)c3ccccc3)c3ccccc32)c(=C/C)/c1=C\C. The summed E-state index contributed by atoms with van der Waals surface area (Å²) in [6.07, 6.45) is 20.7. The van der Waals surface area contributed by atoms with Crippen molar-refractivity contribution < 1.29 is 0 Å². The van der Waals surface area contributed by atoms with E-state index in [0.717, 1.165) is 34.1 Å². The molecule has 0 aliphatic carbocycles. The van der Waals surface area contributed by atoms with Crippen LogP contribution in [-0.2, 0) is 0 Å². The summed E-state index contributed by atoms with van der Waals surface area (Å²) in [6.45, 7) is 16.4. The van der Waals surface area contributed by atoms with Crippen LogP contribution in [0.25, 0.3) is 33.7 Å². The second-order valence-corrected chi connectivity index (χ2v) is 10.8. The lowest BCUT2D eigenvalue weighted by atomic mass is 9.95. The largest absolute Gasteiger partial charge is 0.310 e. The fourth-order valence-corrected chi connectivity index (χ4v) is 6.21. The van der Waals surface area contributed by atoms with Gasteiger partial charge in [0.25, 0.3) is 0 Å². The zero-order chi connectivity index (χ0) is 32.5. The Kier molecular flexibility index (Phi) is 10.3. The molecule has 0 unspecified atom stereocenters. The molecule has 0 saturated heterocycles. The quantitative estimate of drug-likeness (QED) is 0.117. The average molecular weight is 599 g/mol. The van der Waals surface area contributed by atoms with E-state index in [9.17, 15) is 0 Å². The standard InChI is InChI=1S/C44H42N2/c1-7-13-24-33(10-4)45(35-25-16-14-17-26-35)43-32-42-39-29-20-21-30-40(39)44(31-41(42)37(11-5)38(43)12-6)46(34(22-8-2)23-9-3)36-27-18-15-19-28-36/h7-32H,1-2H2,3-6H3/b23-9-,24-13-,33-10+,34-22+,37-11+,38-12+. The van der Waals surface area contributed by atoms with Gasteiger partial charge in [-0.1, -0.05) is 116 Å². The molecule has 0 aromatic heterocycles. The maximum absolute atomic E-state index is 4.04. The van der Waals surface area contributed by atoms with Crippen LogP contribution in [0.3, 0.4) is 0 Å². The Balaban J connectivity index is 1.96. The Morgan fingerprint density at radius 1 is 0.543 bits per heavy atom. The van der Waals surface area contributed by atoms with Gasteiger partial charge in [-0.05, 0) is 104 Å². The first-order valence-electron chi connectivity index (χ1n) is 15.8. The third-order valence-corrected chi connectivity index (χ3v) is 8.13. The summed E-state index contributed by atoms with van der Waals surface area (Å²) in [5, 5.41) is 7.13. The molecule has 0 radical (unpaired) electrons. The number of anilines is 4. The molecule has 0 saturated carbocycles. The number of rotatable bonds is 10. The monoisotopic (exact) mass is 598 g/mol. The van der Waals surface area contributed by atoms with Gasteiger partial charge < -0.3 is 9.80 Å². The van der Waals surface area contributed by atoms with Gasteiger partial charge in [-0.2, -0.15) is 0 Å². The maximum atomic E-state index is 4.04. The van der Waals surface area contributed by atoms with E-state index in [1.54, 1.807) is 0 Å². The number of fused-ring (bicyclic) bond motifs is 3. The fraction of sp³-hybridized carbons (Fsp3) is 0.0909. The first kappa shape index (κ1) is 31.8. The molecule has 0 heterocycles. The molecule has 2 heteroatoms. The van der Waals surface area contributed by atoms with Gasteiger partial charge >= 0.3 is 0 Å². The van der Waals surface area contributed by atoms with Crippen LogP contribution in [0.2, 0.25) is 0 Å². The summed E-state index contributed by atoms with van der Waals surface area (Å²) >= 11 is 0. The Labute approximate surface area is 273 Å². The van der Waals surface area contributed by atoms with Crippen molar-refractivity contribution >= 4 is 56.4 Å². The van der Waals surface area contributed by atoms with Crippen LogP contribution >= 0.6 is 0 Å². The van der Waals surface area contributed by atoms with Gasteiger partial charge in [0.2, 0.25) is 0 Å². The third kappa shape index (κ3) is 6.16. The van der Waals surface area contributed by atoms with Crippen LogP contribution in [0.15, 0.2) is 170 Å². The molecular weight excluding hydrogens is 556 g/mol. The Morgan fingerprint density at radius 2 is 1.11 bits per heavy atom. The van der Waals surface area contributed by atoms with E-state index in [2.05, 4.69) is 190 Å². The van der Waals surface area contributed by atoms with Crippen molar-refractivity contribution in [2.45, 2.75) is 27.7 Å². The van der Waals surface area contributed by atoms with Crippen LogP contribution in [0.5, 0.6) is 0 Å². The van der Waals surface area contributed by atoms with Crippen molar-refractivity contribution in [3.8, 4) is 0 Å². The number of hydrogen-bond acceptors (Lipinski definition) is 2. The topological polar surface area (TPSA) is 6.48 Å². The van der Waals surface area contributed by atoms with E-state index in [4.69, 9.17) is 0 Å². The predicted molar refractivity (Wildman–Crippen MR) is 204 cm³/mol. The molecule has 0 fully saturated rings. The summed E-state index contributed by atoms with van der Waals surface area (Å²) in [5.41, 5.74) is 6.52. The predicted octanol–water partition coefficient (Wildman–Crippen LogP) is 11.2. The molecule has 5 aromatic rings. The van der Waals surface area contributed by atoms with Crippen LogP contribution in [0.1, 0.15) is 27.7 Å². The number of benzene rings is 5. The van der Waals surface area contributed by atoms with Gasteiger partial charge in [-0.3, -0.25) is 0 Å². The van der Waals surface area contributed by atoms with Crippen LogP contribution in [0, 0.1) is 0 Å². The Bertz CT molecular complexity index is 2110. The van der Waals surface area contributed by atoms with Crippen LogP contribution in [-0.4, -0.2) is 0 Å². The molecule has 0 amide bonds. The van der Waals surface area contributed by atoms with Gasteiger partial charge in [-0.15, -0.1) is 0 Å². The fourth-order valence-electron chi connectivity index (χ4n) is 6.21. The summed E-state index contributed by atoms with van der Waals surface area (Å²) in [5.74, 6) is 0. The highest BCUT2D eigenvalue weighted by Gasteiger charge is 2.21. The lowest BCUT2D eigenvalue weighted by molar-refractivity contribution is 1.19. The highest BCUT2D eigenvalue weighted by molar-refractivity contribution is 6.15. The van der Waals surface area contributed by atoms with E-state index < -0.39 is 0 Å². The molecule has 0 bridgehead atoms. The van der Waals surface area contributed by atoms with E-state index in [1.165, 1.54) is 32.0 Å². The zero-order valence-electron chi connectivity index (χ0n) is 27.3. The molecule has 2 nitrogen and oxygen atoms in total. The molecule has 0 N–H and O–H groups in total. The van der Waals surface area contributed by atoms with Gasteiger partial charge in [0, 0.05) is 33.4 Å². The van der Waals surface area contributed by atoms with Crippen molar-refractivity contribution in [2.24, 2.45) is 0 Å². The summed E-state index contributed by atoms with van der Waals surface area (Å²) < 4.78 is 0. The molecule has 0 atom stereocenters. The maximum Gasteiger partial charge on any atom is 0.0546 e. The molecule has 0 spiro atoms. The van der Waals surface area contributed by atoms with Crippen LogP contribution < -0.4 is 20.2 Å². The number of allylic oxidation sites excluding steroid dienone is 8. The molecular formula is C44H42N2. The minimum atomic E-state index is 1.04. The molecule has 0 aliphatic rings. The third-order valence-electron chi connectivity index (χ3n) is 8.13. The minimum absolute atomic E-state index is 1.04. The van der Waals surface area contributed by atoms with E-state index >= 15 is 0 Å². The molecule has 5 rings (SSSR count). The number of nitrogens with zero attached hydrogens (tertiary/aromatic N) is 2. The van der Waals surface area contributed by atoms with Crippen molar-refractivity contribution in [1.82, 2.24) is 0 Å². The number of para-hydroxylation sites is 2. The van der Waals surface area contributed by atoms with E-state index in [0.29, 0.717) is 0 Å². The zero-order valence-corrected chi connectivity index (χ0v) is 27.3. The average Bonchev–Trinajstić information content (AvgIpc) is 3.10. The molecule has 0 aliphatic heterocycles. The first-order chi connectivity index (χ1) is 22.6. The molecule has 46 heavy (non-hydrogen) atoms. The van der Waals surface area contributed by atoms with Gasteiger partial charge in [-0.25, -0.2) is 0 Å². The summed E-state index contributed by atoms with van der Waals surface area (Å²) in [6, 6.07) is 34.6. The van der Waals surface area contributed by atoms with Crippen molar-refractivity contribution in [2.75, 3.05) is 9.80 Å².